The zero-order chi connectivity index (χ0) is 20.9. The molecular formula is C21H23N5O4. The van der Waals surface area contributed by atoms with Crippen LogP contribution in [-0.4, -0.2) is 49.4 Å². The van der Waals surface area contributed by atoms with Gasteiger partial charge in [0.1, 0.15) is 5.56 Å². The Labute approximate surface area is 173 Å². The van der Waals surface area contributed by atoms with Crippen molar-refractivity contribution < 1.29 is 13.9 Å². The van der Waals surface area contributed by atoms with Gasteiger partial charge in [-0.25, -0.2) is 4.79 Å². The van der Waals surface area contributed by atoms with E-state index in [0.29, 0.717) is 35.6 Å². The lowest BCUT2D eigenvalue weighted by atomic mass is 10.1. The average molecular weight is 409 g/mol. The number of para-hydroxylation sites is 1. The van der Waals surface area contributed by atoms with Crippen molar-refractivity contribution in [3.8, 4) is 5.75 Å². The maximum atomic E-state index is 12.4. The molecule has 0 spiro atoms. The summed E-state index contributed by atoms with van der Waals surface area (Å²) in [5.74, 6) is 0.594. The Kier molecular flexibility index (Phi) is 5.78. The Balaban J connectivity index is 1.36. The molecule has 30 heavy (non-hydrogen) atoms. The van der Waals surface area contributed by atoms with Crippen molar-refractivity contribution in [3.05, 3.63) is 52.5 Å². The van der Waals surface area contributed by atoms with Gasteiger partial charge in [-0.2, -0.15) is 5.10 Å². The van der Waals surface area contributed by atoms with Crippen LogP contribution in [0, 0.1) is 0 Å². The maximum absolute atomic E-state index is 12.4. The molecule has 1 aliphatic heterocycles. The van der Waals surface area contributed by atoms with E-state index in [9.17, 15) is 9.59 Å². The maximum Gasteiger partial charge on any atom is 0.349 e. The minimum atomic E-state index is -0.707. The molecule has 0 saturated carbocycles. The van der Waals surface area contributed by atoms with Crippen molar-refractivity contribution in [2.75, 3.05) is 43.5 Å². The van der Waals surface area contributed by atoms with Crippen LogP contribution in [-0.2, 0) is 0 Å². The molecule has 1 saturated heterocycles. The predicted octanol–water partition coefficient (Wildman–Crippen LogP) is 2.03. The van der Waals surface area contributed by atoms with Crippen molar-refractivity contribution in [2.45, 2.75) is 12.8 Å². The molecule has 1 aliphatic rings. The highest BCUT2D eigenvalue weighted by Gasteiger charge is 2.16. The van der Waals surface area contributed by atoms with E-state index in [1.165, 1.54) is 26.0 Å². The lowest BCUT2D eigenvalue weighted by Gasteiger charge is -2.17. The Morgan fingerprint density at radius 3 is 2.87 bits per heavy atom. The summed E-state index contributed by atoms with van der Waals surface area (Å²) >= 11 is 0. The lowest BCUT2D eigenvalue weighted by molar-refractivity contribution is 0.0951. The summed E-state index contributed by atoms with van der Waals surface area (Å²) in [6.07, 6.45) is 4.13. The van der Waals surface area contributed by atoms with Crippen LogP contribution >= 0.6 is 0 Å². The highest BCUT2D eigenvalue weighted by molar-refractivity contribution is 5.97. The highest BCUT2D eigenvalue weighted by atomic mass is 16.5. The van der Waals surface area contributed by atoms with Crippen molar-refractivity contribution in [2.24, 2.45) is 0 Å². The molecule has 0 atom stereocenters. The van der Waals surface area contributed by atoms with E-state index >= 15 is 0 Å². The van der Waals surface area contributed by atoms with Gasteiger partial charge in [-0.15, -0.1) is 5.10 Å². The molecule has 3 heterocycles. The molecular weight excluding hydrogens is 386 g/mol. The number of carbonyl (C=O) groups excluding carboxylic acids is 1. The van der Waals surface area contributed by atoms with Gasteiger partial charge in [0.25, 0.3) is 5.91 Å². The zero-order valence-electron chi connectivity index (χ0n) is 16.7. The molecule has 1 fully saturated rings. The zero-order valence-corrected chi connectivity index (χ0v) is 16.7. The van der Waals surface area contributed by atoms with E-state index in [4.69, 9.17) is 9.15 Å². The van der Waals surface area contributed by atoms with E-state index in [0.717, 1.165) is 18.8 Å². The molecule has 0 radical (unpaired) electrons. The predicted molar refractivity (Wildman–Crippen MR) is 113 cm³/mol. The van der Waals surface area contributed by atoms with Gasteiger partial charge in [0.05, 0.1) is 19.0 Å². The van der Waals surface area contributed by atoms with E-state index < -0.39 is 11.5 Å². The van der Waals surface area contributed by atoms with E-state index in [2.05, 4.69) is 25.7 Å². The van der Waals surface area contributed by atoms with Crippen molar-refractivity contribution >= 4 is 28.4 Å². The van der Waals surface area contributed by atoms with Gasteiger partial charge in [-0.05, 0) is 25.0 Å². The van der Waals surface area contributed by atoms with E-state index in [-0.39, 0.29) is 5.56 Å². The molecule has 0 aliphatic carbocycles. The van der Waals surface area contributed by atoms with Crippen molar-refractivity contribution in [3.63, 3.8) is 0 Å². The molecule has 1 amide bonds. The summed E-state index contributed by atoms with van der Waals surface area (Å²) in [4.78, 5) is 27.0. The van der Waals surface area contributed by atoms with Crippen LogP contribution < -0.4 is 25.9 Å². The first-order chi connectivity index (χ1) is 14.7. The number of hydrogen-bond acceptors (Lipinski definition) is 8. The molecule has 1 aromatic carbocycles. The Hall–Kier alpha value is -3.62. The lowest BCUT2D eigenvalue weighted by Crippen LogP contribution is -2.32. The number of amides is 1. The first-order valence-electron chi connectivity index (χ1n) is 9.86. The summed E-state index contributed by atoms with van der Waals surface area (Å²) in [5, 5.41) is 14.6. The third-order valence-corrected chi connectivity index (χ3v) is 5.02. The number of carbonyl (C=O) groups is 1. The summed E-state index contributed by atoms with van der Waals surface area (Å²) < 4.78 is 10.5. The number of rotatable bonds is 7. The first kappa shape index (κ1) is 19.7. The van der Waals surface area contributed by atoms with Crippen LogP contribution in [0.5, 0.6) is 5.75 Å². The second-order valence-corrected chi connectivity index (χ2v) is 7.00. The van der Waals surface area contributed by atoms with Gasteiger partial charge in [-0.1, -0.05) is 12.1 Å². The van der Waals surface area contributed by atoms with Crippen molar-refractivity contribution in [1.82, 2.24) is 15.5 Å². The Morgan fingerprint density at radius 2 is 2.07 bits per heavy atom. The van der Waals surface area contributed by atoms with Gasteiger partial charge >= 0.3 is 5.63 Å². The molecule has 0 unspecified atom stereocenters. The van der Waals surface area contributed by atoms with Crippen LogP contribution in [0.15, 0.2) is 45.7 Å². The molecule has 4 rings (SSSR count). The molecule has 0 bridgehead atoms. The minimum absolute atomic E-state index is 0.0495. The summed E-state index contributed by atoms with van der Waals surface area (Å²) in [7, 11) is 1.49. The third kappa shape index (κ3) is 4.19. The summed E-state index contributed by atoms with van der Waals surface area (Å²) in [6, 6.07) is 8.68. The molecule has 2 N–H and O–H groups in total. The molecule has 9 heteroatoms. The summed E-state index contributed by atoms with van der Waals surface area (Å²) in [6.45, 7) is 2.81. The number of fused-ring (bicyclic) bond motifs is 1. The number of hydrogen-bond donors (Lipinski definition) is 2. The smallest absolute Gasteiger partial charge is 0.349 e. The standard InChI is InChI=1S/C21H23N5O4/c1-29-17-6-4-5-14-11-16(21(28)30-19(14)17)20(27)23-8-7-22-18-12-15(13-24-25-18)26-9-2-3-10-26/h4-6,11-13H,2-3,7-10H2,1H3,(H,22,25)(H,23,27). The minimum Gasteiger partial charge on any atom is -0.493 e. The molecule has 156 valence electrons. The van der Waals surface area contributed by atoms with Gasteiger partial charge in [0, 0.05) is 37.6 Å². The molecule has 2 aromatic heterocycles. The second-order valence-electron chi connectivity index (χ2n) is 7.00. The number of nitrogens with zero attached hydrogens (tertiary/aromatic N) is 3. The van der Waals surface area contributed by atoms with Crippen LogP contribution in [0.4, 0.5) is 11.5 Å². The fourth-order valence-electron chi connectivity index (χ4n) is 3.49. The van der Waals surface area contributed by atoms with Crippen LogP contribution in [0.25, 0.3) is 11.0 Å². The van der Waals surface area contributed by atoms with Crippen LogP contribution in [0.1, 0.15) is 23.2 Å². The van der Waals surface area contributed by atoms with Gasteiger partial charge in [-0.3, -0.25) is 4.79 Å². The number of methoxy groups -OCH3 is 1. The quantitative estimate of drug-likeness (QED) is 0.451. The van der Waals surface area contributed by atoms with Gasteiger partial charge in [0.2, 0.25) is 0 Å². The third-order valence-electron chi connectivity index (χ3n) is 5.02. The largest absolute Gasteiger partial charge is 0.493 e. The number of benzene rings is 1. The fourth-order valence-corrected chi connectivity index (χ4v) is 3.49. The van der Waals surface area contributed by atoms with Gasteiger partial charge in [0.15, 0.2) is 17.2 Å². The van der Waals surface area contributed by atoms with Crippen LogP contribution in [0.3, 0.4) is 0 Å². The number of anilines is 2. The summed E-state index contributed by atoms with van der Waals surface area (Å²) in [5.41, 5.74) is 0.603. The topological polar surface area (TPSA) is 110 Å². The molecule has 9 nitrogen and oxygen atoms in total. The van der Waals surface area contributed by atoms with E-state index in [1.54, 1.807) is 24.4 Å². The number of nitrogens with one attached hydrogen (secondary N) is 2. The van der Waals surface area contributed by atoms with Gasteiger partial charge < -0.3 is 24.7 Å². The highest BCUT2D eigenvalue weighted by Crippen LogP contribution is 2.24. The van der Waals surface area contributed by atoms with Crippen molar-refractivity contribution in [1.29, 1.82) is 0 Å². The normalized spacial score (nSPS) is 13.4. The fraction of sp³-hybridized carbons (Fsp3) is 0.333. The number of aromatic nitrogens is 2. The number of ether oxygens (including phenoxy) is 1. The molecule has 3 aromatic rings. The first-order valence-corrected chi connectivity index (χ1v) is 9.86. The Morgan fingerprint density at radius 1 is 1.23 bits per heavy atom. The SMILES string of the molecule is COc1cccc2cc(C(=O)NCCNc3cc(N4CCCC4)cnn3)c(=O)oc12. The Bertz CT molecular complexity index is 1110. The van der Waals surface area contributed by atoms with Crippen LogP contribution in [0.2, 0.25) is 0 Å². The monoisotopic (exact) mass is 409 g/mol. The van der Waals surface area contributed by atoms with E-state index in [1.807, 2.05) is 6.07 Å². The average Bonchev–Trinajstić information content (AvgIpc) is 3.31. The second kappa shape index (κ2) is 8.81.